The van der Waals surface area contributed by atoms with Crippen LogP contribution < -0.4 is 4.74 Å². The van der Waals surface area contributed by atoms with E-state index in [0.717, 1.165) is 85.5 Å². The summed E-state index contributed by atoms with van der Waals surface area (Å²) in [6, 6.07) is 10.4. The van der Waals surface area contributed by atoms with E-state index in [1.165, 1.54) is 0 Å². The summed E-state index contributed by atoms with van der Waals surface area (Å²) < 4.78 is 15.6. The quantitative estimate of drug-likeness (QED) is 0.165. The van der Waals surface area contributed by atoms with Gasteiger partial charge in [0.2, 0.25) is 0 Å². The molecule has 1 saturated heterocycles. The van der Waals surface area contributed by atoms with Gasteiger partial charge in [-0.2, -0.15) is 10.4 Å². The fraction of sp³-hybridized carbons (Fsp3) is 0.433. The van der Waals surface area contributed by atoms with E-state index >= 15 is 0 Å². The molecule has 1 aliphatic rings. The van der Waals surface area contributed by atoms with Crippen LogP contribution in [0.3, 0.4) is 0 Å². The van der Waals surface area contributed by atoms with Crippen molar-refractivity contribution in [3.63, 3.8) is 0 Å². The molecule has 5 rings (SSSR count). The number of fused-ring (bicyclic) bond motifs is 1. The zero-order chi connectivity index (χ0) is 28.5. The first-order chi connectivity index (χ1) is 19.6. The third kappa shape index (κ3) is 7.18. The minimum Gasteiger partial charge on any atom is -0.489 e. The summed E-state index contributed by atoms with van der Waals surface area (Å²) in [5.41, 5.74) is 5.47. The Morgan fingerprint density at radius 1 is 1.10 bits per heavy atom. The number of halogens is 1. The van der Waals surface area contributed by atoms with Crippen molar-refractivity contribution in [3.8, 4) is 34.1 Å². The lowest BCUT2D eigenvalue weighted by molar-refractivity contribution is 0.0360. The molecule has 8 nitrogen and oxygen atoms in total. The average molecular weight is 673 g/mol. The SMILES string of the molecule is CC.CCCC(C)Oc1ccc(-c2cn(SI)c3ncc(-c4cnn(CCN5CCOCC5)c4)cc23)cc1C#N. The van der Waals surface area contributed by atoms with Gasteiger partial charge >= 0.3 is 0 Å². The second-order valence-corrected chi connectivity index (χ2v) is 11.2. The molecule has 0 saturated carbocycles. The van der Waals surface area contributed by atoms with Crippen LogP contribution in [0.4, 0.5) is 0 Å². The lowest BCUT2D eigenvalue weighted by atomic mass is 10.0. The van der Waals surface area contributed by atoms with E-state index in [1.54, 1.807) is 9.12 Å². The maximum Gasteiger partial charge on any atom is 0.151 e. The second-order valence-electron chi connectivity index (χ2n) is 9.52. The first-order valence-electron chi connectivity index (χ1n) is 13.9. The maximum absolute atomic E-state index is 9.85. The summed E-state index contributed by atoms with van der Waals surface area (Å²) in [7, 11) is 1.57. The van der Waals surface area contributed by atoms with E-state index in [1.807, 2.05) is 56.0 Å². The number of nitrogens with zero attached hydrogens (tertiary/aromatic N) is 6. The standard InChI is InChI=1S/C28H31IN6O2S.C2H6/c1-3-4-20(2)37-27-6-5-21(13-22(27)15-30)26-19-35(38-29)28-25(26)14-23(16-31-28)24-17-32-34(18-24)8-7-33-9-11-36-12-10-33;1-2/h5-6,13-14,16-20H,3-4,7-12H2,1-2H3;1-2H3. The zero-order valence-corrected chi connectivity index (χ0v) is 26.6. The highest BCUT2D eigenvalue weighted by Crippen LogP contribution is 2.37. The Bertz CT molecular complexity index is 1440. The second kappa shape index (κ2) is 14.9. The molecule has 1 unspecified atom stereocenters. The molecule has 0 bridgehead atoms. The first-order valence-corrected chi connectivity index (χ1v) is 17.3. The monoisotopic (exact) mass is 672 g/mol. The average Bonchev–Trinajstić information content (AvgIpc) is 3.62. The predicted octanol–water partition coefficient (Wildman–Crippen LogP) is 7.21. The molecule has 1 atom stereocenters. The molecule has 40 heavy (non-hydrogen) atoms. The fourth-order valence-corrected chi connectivity index (χ4v) is 6.05. The number of benzene rings is 1. The maximum atomic E-state index is 9.85. The van der Waals surface area contributed by atoms with Gasteiger partial charge in [0.05, 0.1) is 37.6 Å². The predicted molar refractivity (Wildman–Crippen MR) is 172 cm³/mol. The molecular formula is C30H37IN6O2S. The topological polar surface area (TPSA) is 81.1 Å². The van der Waals surface area contributed by atoms with Gasteiger partial charge in [-0.3, -0.25) is 13.6 Å². The molecule has 0 radical (unpaired) electrons. The zero-order valence-electron chi connectivity index (χ0n) is 23.6. The van der Waals surface area contributed by atoms with Crippen molar-refractivity contribution in [2.75, 3.05) is 32.8 Å². The molecule has 10 heteroatoms. The van der Waals surface area contributed by atoms with E-state index in [4.69, 9.17) is 14.5 Å². The van der Waals surface area contributed by atoms with Gasteiger partial charge in [0, 0.05) is 90.6 Å². The van der Waals surface area contributed by atoms with Gasteiger partial charge in [-0.05, 0) is 37.1 Å². The number of hydrogen-bond acceptors (Lipinski definition) is 7. The highest BCUT2D eigenvalue weighted by Gasteiger charge is 2.17. The van der Waals surface area contributed by atoms with Gasteiger partial charge in [-0.25, -0.2) is 4.98 Å². The normalized spacial score (nSPS) is 14.4. The summed E-state index contributed by atoms with van der Waals surface area (Å²) in [4.78, 5) is 7.22. The minimum absolute atomic E-state index is 0.0665. The van der Waals surface area contributed by atoms with Crippen LogP contribution in [0, 0.1) is 11.3 Å². The van der Waals surface area contributed by atoms with Crippen LogP contribution in [0.15, 0.2) is 49.1 Å². The summed E-state index contributed by atoms with van der Waals surface area (Å²) in [6.07, 6.45) is 10.0. The number of aromatic nitrogens is 4. The van der Waals surface area contributed by atoms with Crippen LogP contribution in [0.5, 0.6) is 5.75 Å². The van der Waals surface area contributed by atoms with Gasteiger partial charge in [-0.1, -0.05) is 33.3 Å². The molecule has 212 valence electrons. The van der Waals surface area contributed by atoms with Gasteiger partial charge in [0.1, 0.15) is 11.8 Å². The van der Waals surface area contributed by atoms with Gasteiger partial charge < -0.3 is 9.47 Å². The van der Waals surface area contributed by atoms with Crippen LogP contribution in [0.2, 0.25) is 0 Å². The Hall–Kier alpha value is -2.59. The number of morpholine rings is 1. The van der Waals surface area contributed by atoms with Crippen molar-refractivity contribution in [2.24, 2.45) is 0 Å². The summed E-state index contributed by atoms with van der Waals surface area (Å²) >= 11 is 2.27. The number of rotatable bonds is 10. The first kappa shape index (κ1) is 30.4. The van der Waals surface area contributed by atoms with Gasteiger partial charge in [0.15, 0.2) is 5.65 Å². The van der Waals surface area contributed by atoms with E-state index in [9.17, 15) is 5.26 Å². The molecule has 1 aromatic carbocycles. The van der Waals surface area contributed by atoms with Crippen molar-refractivity contribution in [1.82, 2.24) is 23.6 Å². The van der Waals surface area contributed by atoms with Gasteiger partial charge in [-0.15, -0.1) is 0 Å². The molecule has 4 aromatic rings. The molecule has 0 spiro atoms. The van der Waals surface area contributed by atoms with E-state index in [2.05, 4.69) is 66.6 Å². The smallest absolute Gasteiger partial charge is 0.151 e. The Balaban J connectivity index is 0.00000181. The van der Waals surface area contributed by atoms with Crippen molar-refractivity contribution in [3.05, 3.63) is 54.6 Å². The molecule has 1 fully saturated rings. The van der Waals surface area contributed by atoms with Crippen LogP contribution in [0.1, 0.15) is 46.1 Å². The molecule has 1 aliphatic heterocycles. The van der Waals surface area contributed by atoms with Crippen LogP contribution in [-0.2, 0) is 11.3 Å². The summed E-state index contributed by atoms with van der Waals surface area (Å²) in [6.45, 7) is 13.5. The van der Waals surface area contributed by atoms with E-state index in [0.29, 0.717) is 11.3 Å². The molecule has 0 amide bonds. The number of nitriles is 1. The van der Waals surface area contributed by atoms with Gasteiger partial charge in [0.25, 0.3) is 0 Å². The Morgan fingerprint density at radius 3 is 2.62 bits per heavy atom. The summed E-state index contributed by atoms with van der Waals surface area (Å²) in [5, 5.41) is 15.5. The third-order valence-corrected chi connectivity index (χ3v) is 8.54. The van der Waals surface area contributed by atoms with Crippen molar-refractivity contribution in [1.29, 1.82) is 5.26 Å². The lowest BCUT2D eigenvalue weighted by Crippen LogP contribution is -2.38. The number of pyridine rings is 1. The van der Waals surface area contributed by atoms with Crippen LogP contribution >= 0.6 is 30.3 Å². The molecule has 0 aliphatic carbocycles. The highest BCUT2D eigenvalue weighted by molar-refractivity contribution is 14.2. The number of ether oxygens (including phenoxy) is 2. The van der Waals surface area contributed by atoms with E-state index in [-0.39, 0.29) is 6.10 Å². The Kier molecular flexibility index (Phi) is 11.3. The fourth-order valence-electron chi connectivity index (χ4n) is 4.79. The van der Waals surface area contributed by atoms with Crippen molar-refractivity contribution < 1.29 is 9.47 Å². The summed E-state index contributed by atoms with van der Waals surface area (Å²) in [5.74, 6) is 0.632. The van der Waals surface area contributed by atoms with Crippen molar-refractivity contribution >= 4 is 41.4 Å². The Labute approximate surface area is 253 Å². The third-order valence-electron chi connectivity index (χ3n) is 6.84. The molecule has 4 heterocycles. The van der Waals surface area contributed by atoms with E-state index < -0.39 is 0 Å². The molecular weight excluding hydrogens is 635 g/mol. The molecule has 0 N–H and O–H groups in total. The highest BCUT2D eigenvalue weighted by atomic mass is 127. The largest absolute Gasteiger partial charge is 0.489 e. The minimum atomic E-state index is 0.0665. The van der Waals surface area contributed by atoms with Crippen molar-refractivity contribution in [2.45, 2.75) is 53.2 Å². The molecule has 3 aromatic heterocycles. The van der Waals surface area contributed by atoms with Crippen LogP contribution in [-0.4, -0.2) is 62.6 Å². The number of hydrogen-bond donors (Lipinski definition) is 0. The lowest BCUT2D eigenvalue weighted by Gasteiger charge is -2.26. The van der Waals surface area contributed by atoms with Crippen LogP contribution in [0.25, 0.3) is 33.3 Å². The Morgan fingerprint density at radius 2 is 1.90 bits per heavy atom.